The molecule has 2 amide bonds. The number of alkyl carbamates (subject to hydrolysis) is 1. The first kappa shape index (κ1) is 19.7. The van der Waals surface area contributed by atoms with Crippen molar-refractivity contribution in [1.82, 2.24) is 10.2 Å². The zero-order valence-electron chi connectivity index (χ0n) is 15.9. The molecule has 0 aliphatic carbocycles. The van der Waals surface area contributed by atoms with E-state index >= 15 is 0 Å². The van der Waals surface area contributed by atoms with E-state index in [2.05, 4.69) is 5.32 Å². The fourth-order valence-electron chi connectivity index (χ4n) is 3.13. The summed E-state index contributed by atoms with van der Waals surface area (Å²) in [4.78, 5) is 25.7. The van der Waals surface area contributed by atoms with Crippen LogP contribution in [0, 0.1) is 5.92 Å². The number of ether oxygens (including phenoxy) is 2. The van der Waals surface area contributed by atoms with Gasteiger partial charge in [-0.1, -0.05) is 60.7 Å². The van der Waals surface area contributed by atoms with Crippen LogP contribution in [0.1, 0.15) is 24.0 Å². The SMILES string of the molecule is O=C(NCC1CCN(C(=O)OCc2ccccc2)CC1)OCc1ccccc1. The molecule has 1 aliphatic rings. The van der Waals surface area contributed by atoms with Crippen molar-refractivity contribution < 1.29 is 19.1 Å². The lowest BCUT2D eigenvalue weighted by Crippen LogP contribution is -2.41. The molecule has 6 heteroatoms. The molecule has 1 N–H and O–H groups in total. The maximum atomic E-state index is 12.2. The van der Waals surface area contributed by atoms with E-state index in [9.17, 15) is 9.59 Å². The Morgan fingerprint density at radius 1 is 0.857 bits per heavy atom. The minimum absolute atomic E-state index is 0.262. The second-order valence-electron chi connectivity index (χ2n) is 6.91. The van der Waals surface area contributed by atoms with E-state index in [4.69, 9.17) is 9.47 Å². The van der Waals surface area contributed by atoms with E-state index in [-0.39, 0.29) is 19.3 Å². The Bertz CT molecular complexity index is 744. The summed E-state index contributed by atoms with van der Waals surface area (Å²) in [6, 6.07) is 19.2. The van der Waals surface area contributed by atoms with Gasteiger partial charge in [0.05, 0.1) is 0 Å². The van der Waals surface area contributed by atoms with Gasteiger partial charge in [-0.25, -0.2) is 9.59 Å². The molecule has 1 fully saturated rings. The number of benzene rings is 2. The number of nitrogens with zero attached hydrogens (tertiary/aromatic N) is 1. The van der Waals surface area contributed by atoms with Gasteiger partial charge in [-0.3, -0.25) is 0 Å². The zero-order valence-corrected chi connectivity index (χ0v) is 15.9. The number of carbonyl (C=O) groups excluding carboxylic acids is 2. The van der Waals surface area contributed by atoms with Gasteiger partial charge in [0.25, 0.3) is 0 Å². The Balaban J connectivity index is 1.30. The molecule has 2 aromatic carbocycles. The number of piperidine rings is 1. The number of amides is 2. The van der Waals surface area contributed by atoms with Gasteiger partial charge in [0.1, 0.15) is 13.2 Å². The van der Waals surface area contributed by atoms with Crippen molar-refractivity contribution in [3.05, 3.63) is 71.8 Å². The average Bonchev–Trinajstić information content (AvgIpc) is 2.76. The molecule has 148 valence electrons. The van der Waals surface area contributed by atoms with Crippen LogP contribution in [0.5, 0.6) is 0 Å². The topological polar surface area (TPSA) is 67.9 Å². The number of carbonyl (C=O) groups is 2. The van der Waals surface area contributed by atoms with Crippen molar-refractivity contribution in [3.8, 4) is 0 Å². The summed E-state index contributed by atoms with van der Waals surface area (Å²) < 4.78 is 10.6. The number of nitrogens with one attached hydrogen (secondary N) is 1. The predicted molar refractivity (Wildman–Crippen MR) is 106 cm³/mol. The molecule has 0 atom stereocenters. The van der Waals surface area contributed by atoms with Gasteiger partial charge in [-0.15, -0.1) is 0 Å². The van der Waals surface area contributed by atoms with Crippen LogP contribution in [-0.4, -0.2) is 36.7 Å². The van der Waals surface area contributed by atoms with Crippen LogP contribution >= 0.6 is 0 Å². The summed E-state index contributed by atoms with van der Waals surface area (Å²) in [5.41, 5.74) is 1.93. The Morgan fingerprint density at radius 2 is 1.39 bits per heavy atom. The summed E-state index contributed by atoms with van der Waals surface area (Å²) in [6.45, 7) is 2.38. The molecule has 2 aromatic rings. The second kappa shape index (κ2) is 10.3. The number of likely N-dealkylation sites (tertiary alicyclic amines) is 1. The summed E-state index contributed by atoms with van der Waals surface area (Å²) in [5.74, 6) is 0.336. The zero-order chi connectivity index (χ0) is 19.6. The molecule has 1 heterocycles. The molecule has 0 spiro atoms. The summed E-state index contributed by atoms with van der Waals surface area (Å²) >= 11 is 0. The lowest BCUT2D eigenvalue weighted by Gasteiger charge is -2.31. The Morgan fingerprint density at radius 3 is 1.96 bits per heavy atom. The highest BCUT2D eigenvalue weighted by atomic mass is 16.6. The highest BCUT2D eigenvalue weighted by Crippen LogP contribution is 2.17. The van der Waals surface area contributed by atoms with Gasteiger partial charge >= 0.3 is 12.2 Å². The molecule has 1 saturated heterocycles. The van der Waals surface area contributed by atoms with Crippen LogP contribution in [0.25, 0.3) is 0 Å². The summed E-state index contributed by atoms with van der Waals surface area (Å²) in [7, 11) is 0. The van der Waals surface area contributed by atoms with Crippen LogP contribution < -0.4 is 5.32 Å². The third-order valence-corrected chi connectivity index (χ3v) is 4.83. The monoisotopic (exact) mass is 382 g/mol. The molecule has 1 aliphatic heterocycles. The molecule has 0 saturated carbocycles. The van der Waals surface area contributed by atoms with E-state index in [1.165, 1.54) is 0 Å². The standard InChI is InChI=1S/C22H26N2O4/c25-21(27-16-19-7-3-1-4-8-19)23-15-18-11-13-24(14-12-18)22(26)28-17-20-9-5-2-6-10-20/h1-10,18H,11-17H2,(H,23,25). The smallest absolute Gasteiger partial charge is 0.410 e. The number of rotatable bonds is 6. The molecule has 0 aromatic heterocycles. The fourth-order valence-corrected chi connectivity index (χ4v) is 3.13. The van der Waals surface area contributed by atoms with Gasteiger partial charge in [-0.05, 0) is 29.9 Å². The summed E-state index contributed by atoms with van der Waals surface area (Å²) in [5, 5.41) is 2.82. The molecule has 3 rings (SSSR count). The van der Waals surface area contributed by atoms with Crippen molar-refractivity contribution in [2.24, 2.45) is 5.92 Å². The quantitative estimate of drug-likeness (QED) is 0.821. The fraction of sp³-hybridized carbons (Fsp3) is 0.364. The van der Waals surface area contributed by atoms with E-state index < -0.39 is 6.09 Å². The normalized spacial score (nSPS) is 14.4. The van der Waals surface area contributed by atoms with Gasteiger partial charge in [0, 0.05) is 19.6 Å². The first-order valence-corrected chi connectivity index (χ1v) is 9.61. The Kier molecular flexibility index (Phi) is 7.29. The highest BCUT2D eigenvalue weighted by Gasteiger charge is 2.24. The highest BCUT2D eigenvalue weighted by molar-refractivity contribution is 5.68. The van der Waals surface area contributed by atoms with E-state index in [1.807, 2.05) is 60.7 Å². The van der Waals surface area contributed by atoms with Crippen molar-refractivity contribution in [2.75, 3.05) is 19.6 Å². The largest absolute Gasteiger partial charge is 0.445 e. The molecular formula is C22H26N2O4. The minimum atomic E-state index is -0.409. The maximum Gasteiger partial charge on any atom is 0.410 e. The van der Waals surface area contributed by atoms with Gasteiger partial charge < -0.3 is 19.7 Å². The Labute approximate surface area is 165 Å². The average molecular weight is 382 g/mol. The number of hydrogen-bond acceptors (Lipinski definition) is 4. The van der Waals surface area contributed by atoms with Crippen molar-refractivity contribution in [2.45, 2.75) is 26.1 Å². The lowest BCUT2D eigenvalue weighted by molar-refractivity contribution is 0.0814. The van der Waals surface area contributed by atoms with Crippen molar-refractivity contribution in [1.29, 1.82) is 0 Å². The van der Waals surface area contributed by atoms with Crippen LogP contribution in [0.3, 0.4) is 0 Å². The number of hydrogen-bond donors (Lipinski definition) is 1. The molecular weight excluding hydrogens is 356 g/mol. The van der Waals surface area contributed by atoms with Gasteiger partial charge in [-0.2, -0.15) is 0 Å². The first-order valence-electron chi connectivity index (χ1n) is 9.61. The third kappa shape index (κ3) is 6.30. The van der Waals surface area contributed by atoms with Crippen LogP contribution in [-0.2, 0) is 22.7 Å². The van der Waals surface area contributed by atoms with Crippen LogP contribution in [0.4, 0.5) is 9.59 Å². The van der Waals surface area contributed by atoms with E-state index in [1.54, 1.807) is 4.90 Å². The second-order valence-corrected chi connectivity index (χ2v) is 6.91. The molecule has 6 nitrogen and oxygen atoms in total. The molecule has 28 heavy (non-hydrogen) atoms. The minimum Gasteiger partial charge on any atom is -0.445 e. The van der Waals surface area contributed by atoms with E-state index in [0.29, 0.717) is 25.6 Å². The molecule has 0 radical (unpaired) electrons. The third-order valence-electron chi connectivity index (χ3n) is 4.83. The van der Waals surface area contributed by atoms with Crippen molar-refractivity contribution in [3.63, 3.8) is 0 Å². The van der Waals surface area contributed by atoms with Crippen LogP contribution in [0.15, 0.2) is 60.7 Å². The Hall–Kier alpha value is -3.02. The lowest BCUT2D eigenvalue weighted by atomic mass is 9.97. The van der Waals surface area contributed by atoms with Crippen LogP contribution in [0.2, 0.25) is 0 Å². The first-order chi connectivity index (χ1) is 13.7. The predicted octanol–water partition coefficient (Wildman–Crippen LogP) is 3.96. The van der Waals surface area contributed by atoms with Gasteiger partial charge in [0.15, 0.2) is 0 Å². The maximum absolute atomic E-state index is 12.2. The summed E-state index contributed by atoms with van der Waals surface area (Å²) in [6.07, 6.45) is 0.977. The molecule has 0 bridgehead atoms. The molecule has 0 unspecified atom stereocenters. The van der Waals surface area contributed by atoms with E-state index in [0.717, 1.165) is 24.0 Å². The van der Waals surface area contributed by atoms with Crippen molar-refractivity contribution >= 4 is 12.2 Å². The van der Waals surface area contributed by atoms with Gasteiger partial charge in [0.2, 0.25) is 0 Å².